The number of rotatable bonds is 5. The number of fused-ring (bicyclic) bond motifs is 1. The average Bonchev–Trinajstić information content (AvgIpc) is 3.22. The number of nitrogens with zero attached hydrogens (tertiary/aromatic N) is 3. The Morgan fingerprint density at radius 3 is 2.50 bits per heavy atom. The van der Waals surface area contributed by atoms with Crippen LogP contribution in [-0.4, -0.2) is 21.5 Å². The van der Waals surface area contributed by atoms with Gasteiger partial charge in [0.2, 0.25) is 0 Å². The molecule has 3 heteroatoms. The summed E-state index contributed by atoms with van der Waals surface area (Å²) in [5, 5.41) is 0. The average molecular weight is 317 g/mol. The number of aryl methyl sites for hydroxylation is 1. The van der Waals surface area contributed by atoms with Crippen LogP contribution in [0.2, 0.25) is 0 Å². The minimum atomic E-state index is 0.952. The summed E-state index contributed by atoms with van der Waals surface area (Å²) in [6, 6.07) is 19.4. The van der Waals surface area contributed by atoms with Crippen molar-refractivity contribution in [2.45, 2.75) is 32.5 Å². The summed E-state index contributed by atoms with van der Waals surface area (Å²) in [4.78, 5) is 6.90. The standard InChI is InChI=1S/C21H23N3/c1-23(16-20-14-22-21-8-5-13-24(20)21)15-17-9-11-19(12-10-17)18-6-3-2-4-7-18/h2-4,6-7,9-12,14H,5,8,13,15-16H2,1H3. The number of hydrogen-bond donors (Lipinski definition) is 0. The van der Waals surface area contributed by atoms with Crippen LogP contribution in [0.4, 0.5) is 0 Å². The molecule has 0 bridgehead atoms. The van der Waals surface area contributed by atoms with Crippen LogP contribution >= 0.6 is 0 Å². The van der Waals surface area contributed by atoms with Crippen LogP contribution in [0, 0.1) is 0 Å². The van der Waals surface area contributed by atoms with Crippen LogP contribution in [0.5, 0.6) is 0 Å². The Balaban J connectivity index is 1.41. The largest absolute Gasteiger partial charge is 0.331 e. The molecular formula is C21H23N3. The molecule has 3 aromatic rings. The number of benzene rings is 2. The molecule has 0 radical (unpaired) electrons. The van der Waals surface area contributed by atoms with Gasteiger partial charge in [0, 0.05) is 32.3 Å². The minimum absolute atomic E-state index is 0.952. The van der Waals surface area contributed by atoms with Crippen LogP contribution in [0.15, 0.2) is 60.8 Å². The first kappa shape index (κ1) is 15.2. The second-order valence-corrected chi connectivity index (χ2v) is 6.66. The molecule has 0 unspecified atom stereocenters. The molecule has 0 amide bonds. The van der Waals surface area contributed by atoms with Crippen molar-refractivity contribution in [1.82, 2.24) is 14.5 Å². The molecule has 2 aromatic carbocycles. The van der Waals surface area contributed by atoms with E-state index in [0.29, 0.717) is 0 Å². The van der Waals surface area contributed by atoms with Gasteiger partial charge in [0.25, 0.3) is 0 Å². The van der Waals surface area contributed by atoms with Gasteiger partial charge < -0.3 is 4.57 Å². The Hall–Kier alpha value is -2.39. The Bertz CT molecular complexity index is 803. The normalized spacial score (nSPS) is 13.4. The summed E-state index contributed by atoms with van der Waals surface area (Å²) >= 11 is 0. The molecule has 0 aliphatic carbocycles. The summed E-state index contributed by atoms with van der Waals surface area (Å²) in [7, 11) is 2.18. The van der Waals surface area contributed by atoms with Crippen LogP contribution in [0.25, 0.3) is 11.1 Å². The molecule has 0 spiro atoms. The summed E-state index contributed by atoms with van der Waals surface area (Å²) in [5.41, 5.74) is 5.23. The molecule has 0 N–H and O–H groups in total. The van der Waals surface area contributed by atoms with E-state index in [1.165, 1.54) is 34.6 Å². The van der Waals surface area contributed by atoms with Crippen LogP contribution < -0.4 is 0 Å². The van der Waals surface area contributed by atoms with Crippen molar-refractivity contribution in [3.05, 3.63) is 77.9 Å². The first-order valence-corrected chi connectivity index (χ1v) is 8.66. The molecule has 2 heterocycles. The topological polar surface area (TPSA) is 21.1 Å². The van der Waals surface area contributed by atoms with E-state index in [2.05, 4.69) is 76.1 Å². The molecule has 1 aromatic heterocycles. The molecule has 1 aliphatic heterocycles. The zero-order valence-electron chi connectivity index (χ0n) is 14.2. The third kappa shape index (κ3) is 3.13. The molecule has 1 aliphatic rings. The highest BCUT2D eigenvalue weighted by molar-refractivity contribution is 5.63. The van der Waals surface area contributed by atoms with Crippen molar-refractivity contribution in [3.8, 4) is 11.1 Å². The zero-order valence-corrected chi connectivity index (χ0v) is 14.2. The molecular weight excluding hydrogens is 294 g/mol. The predicted octanol–water partition coefficient (Wildman–Crippen LogP) is 4.13. The molecule has 4 rings (SSSR count). The monoisotopic (exact) mass is 317 g/mol. The highest BCUT2D eigenvalue weighted by Gasteiger charge is 2.16. The summed E-state index contributed by atoms with van der Waals surface area (Å²) < 4.78 is 2.38. The SMILES string of the molecule is CN(Cc1ccc(-c2ccccc2)cc1)Cc1cnc2n1CCC2. The third-order valence-electron chi connectivity index (χ3n) is 4.75. The van der Waals surface area contributed by atoms with Gasteiger partial charge in [0.05, 0.1) is 5.69 Å². The molecule has 0 saturated heterocycles. The van der Waals surface area contributed by atoms with Gasteiger partial charge in [-0.2, -0.15) is 0 Å². The quantitative estimate of drug-likeness (QED) is 0.705. The van der Waals surface area contributed by atoms with Gasteiger partial charge in [0.1, 0.15) is 5.82 Å². The lowest BCUT2D eigenvalue weighted by atomic mass is 10.0. The molecule has 0 saturated carbocycles. The summed E-state index contributed by atoms with van der Waals surface area (Å²) in [5.74, 6) is 1.26. The van der Waals surface area contributed by atoms with E-state index >= 15 is 0 Å². The first-order valence-electron chi connectivity index (χ1n) is 8.66. The smallest absolute Gasteiger partial charge is 0.108 e. The fourth-order valence-electron chi connectivity index (χ4n) is 3.53. The molecule has 0 atom stereocenters. The highest BCUT2D eigenvalue weighted by atomic mass is 15.2. The zero-order chi connectivity index (χ0) is 16.4. The van der Waals surface area contributed by atoms with Crippen molar-refractivity contribution < 1.29 is 0 Å². The lowest BCUT2D eigenvalue weighted by molar-refractivity contribution is 0.310. The van der Waals surface area contributed by atoms with Crippen LogP contribution in [-0.2, 0) is 26.1 Å². The fraction of sp³-hybridized carbons (Fsp3) is 0.286. The number of aromatic nitrogens is 2. The fourth-order valence-corrected chi connectivity index (χ4v) is 3.53. The van der Waals surface area contributed by atoms with Crippen molar-refractivity contribution >= 4 is 0 Å². The van der Waals surface area contributed by atoms with E-state index in [9.17, 15) is 0 Å². The van der Waals surface area contributed by atoms with Crippen molar-refractivity contribution in [2.24, 2.45) is 0 Å². The second kappa shape index (κ2) is 6.62. The van der Waals surface area contributed by atoms with E-state index < -0.39 is 0 Å². The first-order chi connectivity index (χ1) is 11.8. The van der Waals surface area contributed by atoms with Gasteiger partial charge in [-0.15, -0.1) is 0 Å². The van der Waals surface area contributed by atoms with E-state index in [0.717, 1.165) is 26.1 Å². The maximum absolute atomic E-state index is 4.54. The molecule has 122 valence electrons. The van der Waals surface area contributed by atoms with Gasteiger partial charge in [-0.25, -0.2) is 4.98 Å². The van der Waals surface area contributed by atoms with E-state index in [4.69, 9.17) is 0 Å². The Kier molecular flexibility index (Phi) is 4.18. The van der Waals surface area contributed by atoms with Gasteiger partial charge >= 0.3 is 0 Å². The number of imidazole rings is 1. The number of hydrogen-bond acceptors (Lipinski definition) is 2. The minimum Gasteiger partial charge on any atom is -0.331 e. The summed E-state index contributed by atoms with van der Waals surface area (Å²) in [6.07, 6.45) is 4.41. The van der Waals surface area contributed by atoms with E-state index in [-0.39, 0.29) is 0 Å². The predicted molar refractivity (Wildman–Crippen MR) is 97.6 cm³/mol. The summed E-state index contributed by atoms with van der Waals surface area (Å²) in [6.45, 7) is 3.04. The van der Waals surface area contributed by atoms with Gasteiger partial charge in [-0.3, -0.25) is 4.90 Å². The Labute approximate surface area is 143 Å². The van der Waals surface area contributed by atoms with E-state index in [1.807, 2.05) is 6.20 Å². The van der Waals surface area contributed by atoms with Crippen molar-refractivity contribution in [3.63, 3.8) is 0 Å². The molecule has 24 heavy (non-hydrogen) atoms. The van der Waals surface area contributed by atoms with Crippen molar-refractivity contribution in [2.75, 3.05) is 7.05 Å². The van der Waals surface area contributed by atoms with Gasteiger partial charge in [0.15, 0.2) is 0 Å². The maximum atomic E-state index is 4.54. The Morgan fingerprint density at radius 2 is 1.71 bits per heavy atom. The highest BCUT2D eigenvalue weighted by Crippen LogP contribution is 2.21. The van der Waals surface area contributed by atoms with E-state index in [1.54, 1.807) is 0 Å². The molecule has 3 nitrogen and oxygen atoms in total. The van der Waals surface area contributed by atoms with Crippen LogP contribution in [0.1, 0.15) is 23.5 Å². The second-order valence-electron chi connectivity index (χ2n) is 6.66. The van der Waals surface area contributed by atoms with Gasteiger partial charge in [-0.1, -0.05) is 54.6 Å². The Morgan fingerprint density at radius 1 is 0.958 bits per heavy atom. The van der Waals surface area contributed by atoms with Crippen LogP contribution in [0.3, 0.4) is 0 Å². The molecule has 0 fully saturated rings. The lowest BCUT2D eigenvalue weighted by Crippen LogP contribution is -2.19. The van der Waals surface area contributed by atoms with Crippen molar-refractivity contribution in [1.29, 1.82) is 0 Å². The lowest BCUT2D eigenvalue weighted by Gasteiger charge is -2.17. The maximum Gasteiger partial charge on any atom is 0.108 e. The third-order valence-corrected chi connectivity index (χ3v) is 4.75. The van der Waals surface area contributed by atoms with Gasteiger partial charge in [-0.05, 0) is 30.2 Å².